The van der Waals surface area contributed by atoms with Crippen LogP contribution in [0.25, 0.3) is 0 Å². The van der Waals surface area contributed by atoms with Gasteiger partial charge in [-0.1, -0.05) is 66.7 Å². The van der Waals surface area contributed by atoms with E-state index in [9.17, 15) is 27.9 Å². The van der Waals surface area contributed by atoms with E-state index < -0.39 is 30.1 Å². The summed E-state index contributed by atoms with van der Waals surface area (Å²) >= 11 is 0. The number of Topliss-reactive ketones (excluding diaryl/α,β-unsaturated/α-hetero) is 1. The van der Waals surface area contributed by atoms with Crippen molar-refractivity contribution >= 4 is 17.4 Å². The number of carbonyl (C=O) groups is 2. The summed E-state index contributed by atoms with van der Waals surface area (Å²) in [7, 11) is 0. The Hall–Kier alpha value is -3.65. The van der Waals surface area contributed by atoms with Crippen molar-refractivity contribution in [2.45, 2.75) is 31.8 Å². The highest BCUT2D eigenvalue weighted by Gasteiger charge is 2.43. The molecule has 0 fully saturated rings. The molecule has 4 rings (SSSR count). The van der Waals surface area contributed by atoms with E-state index in [0.29, 0.717) is 27.2 Å². The van der Waals surface area contributed by atoms with Gasteiger partial charge in [-0.3, -0.25) is 14.5 Å². The zero-order valence-corrected chi connectivity index (χ0v) is 18.3. The van der Waals surface area contributed by atoms with Gasteiger partial charge in [0.1, 0.15) is 6.10 Å². The van der Waals surface area contributed by atoms with Crippen molar-refractivity contribution in [1.29, 1.82) is 0 Å². The number of nitrogens with zero attached hydrogens (tertiary/aromatic N) is 1. The van der Waals surface area contributed by atoms with Gasteiger partial charge in [-0.2, -0.15) is 13.2 Å². The number of benzene rings is 3. The van der Waals surface area contributed by atoms with Gasteiger partial charge >= 0.3 is 6.30 Å². The third-order valence-corrected chi connectivity index (χ3v) is 5.95. The monoisotopic (exact) mass is 468 g/mol. The Morgan fingerprint density at radius 1 is 0.941 bits per heavy atom. The quantitative estimate of drug-likeness (QED) is 0.396. The molecule has 0 bridgehead atoms. The molecule has 2 N–H and O–H groups in total. The lowest BCUT2D eigenvalue weighted by Crippen LogP contribution is -2.38. The van der Waals surface area contributed by atoms with Gasteiger partial charge in [-0.05, 0) is 36.1 Å². The number of para-hydroxylation sites is 1. The fourth-order valence-corrected chi connectivity index (χ4v) is 4.13. The van der Waals surface area contributed by atoms with Gasteiger partial charge in [-0.15, -0.1) is 0 Å². The molecule has 1 aliphatic heterocycles. The Kier molecular flexibility index (Phi) is 6.43. The maximum Gasteiger partial charge on any atom is 0.484 e. The first-order chi connectivity index (χ1) is 16.2. The number of anilines is 1. The number of hydrogen-bond acceptors (Lipinski definition) is 4. The Balaban J connectivity index is 1.48. The Bertz CT molecular complexity index is 1190. The second-order valence-electron chi connectivity index (χ2n) is 8.18. The molecule has 1 aliphatic rings. The maximum absolute atomic E-state index is 13.4. The van der Waals surface area contributed by atoms with E-state index in [1.807, 2.05) is 0 Å². The molecular formula is C26H23F3N2O3. The number of aliphatic hydroxyl groups is 1. The number of nitrogens with one attached hydrogen (secondary N) is 1. The molecule has 3 aromatic rings. The molecule has 0 saturated carbocycles. The maximum atomic E-state index is 13.4. The minimum atomic E-state index is -4.57. The number of carbonyl (C=O) groups excluding carboxylic acids is 2. The van der Waals surface area contributed by atoms with Crippen LogP contribution in [0.5, 0.6) is 0 Å². The summed E-state index contributed by atoms with van der Waals surface area (Å²) in [6, 6.07) is 19.0. The first kappa shape index (κ1) is 23.5. The van der Waals surface area contributed by atoms with Crippen molar-refractivity contribution in [3.8, 4) is 0 Å². The van der Waals surface area contributed by atoms with E-state index in [1.54, 1.807) is 73.7 Å². The van der Waals surface area contributed by atoms with Crippen LogP contribution in [0.2, 0.25) is 0 Å². The zero-order chi connectivity index (χ0) is 24.5. The lowest BCUT2D eigenvalue weighted by Gasteiger charge is -2.24. The fourth-order valence-electron chi connectivity index (χ4n) is 4.13. The normalized spacial score (nSPS) is 14.9. The van der Waals surface area contributed by atoms with E-state index >= 15 is 0 Å². The van der Waals surface area contributed by atoms with Gasteiger partial charge in [0.15, 0.2) is 5.78 Å². The van der Waals surface area contributed by atoms with Crippen LogP contribution in [0, 0.1) is 0 Å². The largest absolute Gasteiger partial charge is 0.484 e. The van der Waals surface area contributed by atoms with E-state index in [4.69, 9.17) is 0 Å². The number of alkyl halides is 3. The summed E-state index contributed by atoms with van der Waals surface area (Å²) in [6.45, 7) is 1.49. The second-order valence-corrected chi connectivity index (χ2v) is 8.18. The molecule has 8 heteroatoms. The number of fused-ring (bicyclic) bond motifs is 1. The second kappa shape index (κ2) is 9.30. The molecule has 34 heavy (non-hydrogen) atoms. The molecule has 5 nitrogen and oxygen atoms in total. The van der Waals surface area contributed by atoms with Crippen molar-refractivity contribution in [3.63, 3.8) is 0 Å². The van der Waals surface area contributed by atoms with Gasteiger partial charge in [0.25, 0.3) is 5.91 Å². The number of ketones is 1. The molecule has 1 unspecified atom stereocenters. The summed E-state index contributed by atoms with van der Waals surface area (Å²) in [5, 5.41) is 13.1. The van der Waals surface area contributed by atoms with Gasteiger partial charge < -0.3 is 10.4 Å². The standard InChI is InChI=1S/C26H23F3N2O3/c1-16(17-10-12-20(13-11-17)24(33)23(32)19-6-3-2-4-7-19)30-25(34)21-9-5-8-18-14-15-31(22(18)21)26(27,28)29/h2-13,16,23,32H,14-15H2,1H3,(H,30,34)/t16-,23?/m0/s1. The van der Waals surface area contributed by atoms with Crippen LogP contribution in [0.4, 0.5) is 18.9 Å². The molecule has 0 aromatic heterocycles. The van der Waals surface area contributed by atoms with Crippen LogP contribution in [0.1, 0.15) is 56.5 Å². The smallest absolute Gasteiger partial charge is 0.380 e. The fraction of sp³-hybridized carbons (Fsp3) is 0.231. The average molecular weight is 468 g/mol. The Labute approximate surface area is 194 Å². The Morgan fingerprint density at radius 2 is 1.62 bits per heavy atom. The van der Waals surface area contributed by atoms with Crippen molar-refractivity contribution in [2.24, 2.45) is 0 Å². The van der Waals surface area contributed by atoms with E-state index in [1.165, 1.54) is 6.07 Å². The van der Waals surface area contributed by atoms with E-state index in [0.717, 1.165) is 0 Å². The molecule has 0 saturated heterocycles. The molecule has 1 heterocycles. The summed E-state index contributed by atoms with van der Waals surface area (Å²) in [6.07, 6.45) is -5.64. The van der Waals surface area contributed by atoms with Crippen LogP contribution in [-0.4, -0.2) is 29.6 Å². The van der Waals surface area contributed by atoms with Crippen molar-refractivity contribution in [1.82, 2.24) is 5.32 Å². The number of rotatable bonds is 6. The third kappa shape index (κ3) is 4.68. The van der Waals surface area contributed by atoms with Crippen LogP contribution < -0.4 is 10.2 Å². The molecule has 0 radical (unpaired) electrons. The summed E-state index contributed by atoms with van der Waals surface area (Å²) in [4.78, 5) is 25.8. The highest BCUT2D eigenvalue weighted by molar-refractivity contribution is 6.01. The third-order valence-electron chi connectivity index (χ3n) is 5.95. The molecule has 0 spiro atoms. The molecule has 176 valence electrons. The topological polar surface area (TPSA) is 69.6 Å². The minimum Gasteiger partial charge on any atom is -0.380 e. The highest BCUT2D eigenvalue weighted by atomic mass is 19.4. The van der Waals surface area contributed by atoms with Gasteiger partial charge in [-0.25, -0.2) is 0 Å². The zero-order valence-electron chi connectivity index (χ0n) is 18.3. The van der Waals surface area contributed by atoms with Crippen molar-refractivity contribution < 1.29 is 27.9 Å². The summed E-state index contributed by atoms with van der Waals surface area (Å²) in [5.74, 6) is -1.07. The number of hydrogen-bond donors (Lipinski definition) is 2. The van der Waals surface area contributed by atoms with Crippen LogP contribution in [0.3, 0.4) is 0 Å². The summed E-state index contributed by atoms with van der Waals surface area (Å²) in [5.41, 5.74) is 1.81. The average Bonchev–Trinajstić information content (AvgIpc) is 3.29. The van der Waals surface area contributed by atoms with Gasteiger partial charge in [0.2, 0.25) is 0 Å². The molecule has 2 atom stereocenters. The number of aliphatic hydroxyl groups excluding tert-OH is 1. The first-order valence-electron chi connectivity index (χ1n) is 10.8. The molecule has 0 aliphatic carbocycles. The van der Waals surface area contributed by atoms with Crippen LogP contribution >= 0.6 is 0 Å². The van der Waals surface area contributed by atoms with Crippen molar-refractivity contribution in [3.05, 3.63) is 101 Å². The van der Waals surface area contributed by atoms with Gasteiger partial charge in [0, 0.05) is 12.1 Å². The predicted molar refractivity (Wildman–Crippen MR) is 122 cm³/mol. The highest BCUT2D eigenvalue weighted by Crippen LogP contribution is 2.39. The number of amides is 1. The van der Waals surface area contributed by atoms with Crippen molar-refractivity contribution in [2.75, 3.05) is 11.4 Å². The lowest BCUT2D eigenvalue weighted by atomic mass is 9.98. The number of halogens is 3. The Morgan fingerprint density at radius 3 is 2.26 bits per heavy atom. The SMILES string of the molecule is C[C@H](NC(=O)c1cccc2c1N(C(F)(F)F)CC2)c1ccc(C(=O)C(O)c2ccccc2)cc1. The molecular weight excluding hydrogens is 445 g/mol. The molecule has 1 amide bonds. The molecule has 3 aromatic carbocycles. The summed E-state index contributed by atoms with van der Waals surface area (Å²) < 4.78 is 40.3. The van der Waals surface area contributed by atoms with Gasteiger partial charge in [0.05, 0.1) is 17.3 Å². The van der Waals surface area contributed by atoms with Crippen LogP contribution in [0.15, 0.2) is 72.8 Å². The van der Waals surface area contributed by atoms with E-state index in [2.05, 4.69) is 5.32 Å². The van der Waals surface area contributed by atoms with E-state index in [-0.39, 0.29) is 24.2 Å². The lowest BCUT2D eigenvalue weighted by molar-refractivity contribution is -0.127. The minimum absolute atomic E-state index is 0.0306. The first-order valence-corrected chi connectivity index (χ1v) is 10.8. The van der Waals surface area contributed by atoms with Crippen LogP contribution in [-0.2, 0) is 6.42 Å². The predicted octanol–water partition coefficient (Wildman–Crippen LogP) is 4.98.